The highest BCUT2D eigenvalue weighted by Crippen LogP contribution is 2.41. The van der Waals surface area contributed by atoms with Gasteiger partial charge in [0.1, 0.15) is 12.3 Å². The number of β-lactam (4-membered cyclic amide) rings is 1. The van der Waals surface area contributed by atoms with Crippen molar-refractivity contribution in [1.82, 2.24) is 4.90 Å². The van der Waals surface area contributed by atoms with E-state index in [1.54, 1.807) is 48.5 Å². The van der Waals surface area contributed by atoms with Crippen molar-refractivity contribution >= 4 is 33.5 Å². The third-order valence-electron chi connectivity index (χ3n) is 5.69. The minimum Gasteiger partial charge on any atom is -0.461 e. The Hall–Kier alpha value is -4.05. The second-order valence-corrected chi connectivity index (χ2v) is 10.4. The molecule has 0 spiro atoms. The Morgan fingerprint density at radius 1 is 1.00 bits per heavy atom. The minimum absolute atomic E-state index is 0.0819. The van der Waals surface area contributed by atoms with Crippen LogP contribution in [0.25, 0.3) is 0 Å². The molecule has 1 fully saturated rings. The van der Waals surface area contributed by atoms with E-state index >= 15 is 0 Å². The van der Waals surface area contributed by atoms with E-state index in [0.717, 1.165) is 17.9 Å². The maximum atomic E-state index is 13.6. The highest BCUT2D eigenvalue weighted by Gasteiger charge is 2.57. The summed E-state index contributed by atoms with van der Waals surface area (Å²) in [7, 11) is -4.02. The van der Waals surface area contributed by atoms with Gasteiger partial charge < -0.3 is 9.47 Å². The number of fused-ring (bicyclic) bond motifs is 1. The number of esters is 2. The molecule has 0 unspecified atom stereocenters. The zero-order valence-corrected chi connectivity index (χ0v) is 20.4. The van der Waals surface area contributed by atoms with Crippen LogP contribution in [0.4, 0.5) is 0 Å². The maximum Gasteiger partial charge on any atom is 0.356 e. The summed E-state index contributed by atoms with van der Waals surface area (Å²) >= 11 is 0. The highest BCUT2D eigenvalue weighted by atomic mass is 32.2. The summed E-state index contributed by atoms with van der Waals surface area (Å²) in [6.07, 6.45) is 0.0978. The van der Waals surface area contributed by atoms with Gasteiger partial charge in [0.2, 0.25) is 0 Å². The van der Waals surface area contributed by atoms with Crippen LogP contribution in [0, 0.1) is 0 Å². The molecule has 2 heterocycles. The van der Waals surface area contributed by atoms with E-state index in [4.69, 9.17) is 9.47 Å². The van der Waals surface area contributed by atoms with Gasteiger partial charge in [-0.3, -0.25) is 19.3 Å². The molecule has 0 N–H and O–H groups in total. The molecule has 10 heteroatoms. The summed E-state index contributed by atoms with van der Waals surface area (Å²) in [5, 5.41) is -1.50. The number of hydrogen-bond donors (Lipinski definition) is 0. The molecule has 2 aromatic rings. The van der Waals surface area contributed by atoms with Crippen LogP contribution in [-0.2, 0) is 38.5 Å². The van der Waals surface area contributed by atoms with Crippen LogP contribution in [0.3, 0.4) is 0 Å². The van der Waals surface area contributed by atoms with Crippen molar-refractivity contribution < 1.29 is 37.1 Å². The minimum atomic E-state index is -4.02. The Morgan fingerprint density at radius 2 is 1.56 bits per heavy atom. The van der Waals surface area contributed by atoms with Crippen LogP contribution < -0.4 is 0 Å². The van der Waals surface area contributed by atoms with Crippen molar-refractivity contribution in [3.05, 3.63) is 94.7 Å². The highest BCUT2D eigenvalue weighted by molar-refractivity contribution is 7.92. The van der Waals surface area contributed by atoms with Crippen molar-refractivity contribution in [2.75, 3.05) is 12.4 Å². The molecule has 0 aromatic heterocycles. The summed E-state index contributed by atoms with van der Waals surface area (Å²) < 4.78 is 36.9. The first-order valence-corrected chi connectivity index (χ1v) is 12.7. The third kappa shape index (κ3) is 4.85. The Labute approximate surface area is 207 Å². The summed E-state index contributed by atoms with van der Waals surface area (Å²) in [5.74, 6) is -3.59. The van der Waals surface area contributed by atoms with Crippen LogP contribution >= 0.6 is 0 Å². The molecule has 1 amide bonds. The molecular weight excluding hydrogens is 486 g/mol. The average molecular weight is 510 g/mol. The molecule has 0 radical (unpaired) electrons. The van der Waals surface area contributed by atoms with E-state index in [1.807, 2.05) is 12.1 Å². The zero-order valence-electron chi connectivity index (χ0n) is 19.5. The van der Waals surface area contributed by atoms with Crippen molar-refractivity contribution in [3.8, 4) is 0 Å². The van der Waals surface area contributed by atoms with Gasteiger partial charge in [0.05, 0.1) is 11.3 Å². The molecule has 2 aliphatic rings. The Morgan fingerprint density at radius 3 is 2.06 bits per heavy atom. The van der Waals surface area contributed by atoms with E-state index in [9.17, 15) is 27.6 Å². The SMILES string of the molecule is CC(=O)/C=C1/C(=O)N2C(C(=O)OC(c3ccccc3)c3ccccc3)=C(COC(C)=O)CS(=O)(=O)[C@H]12. The normalized spacial score (nSPS) is 19.5. The zero-order chi connectivity index (χ0) is 26.0. The predicted molar refractivity (Wildman–Crippen MR) is 128 cm³/mol. The van der Waals surface area contributed by atoms with Crippen LogP contribution in [0.2, 0.25) is 0 Å². The average Bonchev–Trinajstić information content (AvgIpc) is 2.84. The van der Waals surface area contributed by atoms with Gasteiger partial charge in [-0.2, -0.15) is 0 Å². The number of ether oxygens (including phenoxy) is 2. The molecule has 0 aliphatic carbocycles. The molecule has 186 valence electrons. The van der Waals surface area contributed by atoms with Crippen LogP contribution in [-0.4, -0.2) is 54.7 Å². The number of hydrogen-bond acceptors (Lipinski definition) is 8. The summed E-state index contributed by atoms with van der Waals surface area (Å²) in [6, 6.07) is 17.8. The molecule has 2 aliphatic heterocycles. The van der Waals surface area contributed by atoms with E-state index in [2.05, 4.69) is 0 Å². The van der Waals surface area contributed by atoms with Gasteiger partial charge in [0.25, 0.3) is 5.91 Å². The van der Waals surface area contributed by atoms with Gasteiger partial charge in [0.15, 0.2) is 27.1 Å². The molecule has 1 atom stereocenters. The lowest BCUT2D eigenvalue weighted by atomic mass is 10.00. The molecule has 36 heavy (non-hydrogen) atoms. The number of carbonyl (C=O) groups excluding carboxylic acids is 4. The van der Waals surface area contributed by atoms with E-state index in [-0.39, 0.29) is 16.8 Å². The van der Waals surface area contributed by atoms with Crippen LogP contribution in [0.1, 0.15) is 31.1 Å². The largest absolute Gasteiger partial charge is 0.461 e. The van der Waals surface area contributed by atoms with Crippen LogP contribution in [0.5, 0.6) is 0 Å². The second kappa shape index (κ2) is 9.90. The van der Waals surface area contributed by atoms with Crippen LogP contribution in [0.15, 0.2) is 83.6 Å². The number of amides is 1. The predicted octanol–water partition coefficient (Wildman–Crippen LogP) is 2.25. The van der Waals surface area contributed by atoms with Gasteiger partial charge in [-0.1, -0.05) is 60.7 Å². The van der Waals surface area contributed by atoms with E-state index < -0.39 is 57.3 Å². The lowest BCUT2D eigenvalue weighted by Crippen LogP contribution is -2.62. The van der Waals surface area contributed by atoms with Crippen molar-refractivity contribution in [2.45, 2.75) is 25.3 Å². The molecular formula is C26H23NO8S. The fourth-order valence-electron chi connectivity index (χ4n) is 4.20. The third-order valence-corrected chi connectivity index (χ3v) is 7.58. The number of carbonyl (C=O) groups is 4. The van der Waals surface area contributed by atoms with Gasteiger partial charge in [-0.15, -0.1) is 0 Å². The fraction of sp³-hybridized carbons (Fsp3) is 0.231. The smallest absolute Gasteiger partial charge is 0.356 e. The first-order chi connectivity index (χ1) is 17.1. The number of ketones is 1. The van der Waals surface area contributed by atoms with Gasteiger partial charge in [0, 0.05) is 12.5 Å². The molecule has 9 nitrogen and oxygen atoms in total. The maximum absolute atomic E-state index is 13.6. The quantitative estimate of drug-likeness (QED) is 0.316. The molecule has 1 saturated heterocycles. The molecule has 4 rings (SSSR count). The fourth-order valence-corrected chi connectivity index (χ4v) is 6.14. The molecule has 0 saturated carbocycles. The molecule has 0 bridgehead atoms. The number of sulfone groups is 1. The number of allylic oxidation sites excluding steroid dienone is 1. The van der Waals surface area contributed by atoms with Crippen molar-refractivity contribution in [2.24, 2.45) is 0 Å². The van der Waals surface area contributed by atoms with E-state index in [0.29, 0.717) is 11.1 Å². The van der Waals surface area contributed by atoms with Gasteiger partial charge >= 0.3 is 11.9 Å². The van der Waals surface area contributed by atoms with E-state index in [1.165, 1.54) is 6.92 Å². The van der Waals surface area contributed by atoms with Gasteiger partial charge in [-0.25, -0.2) is 13.2 Å². The lowest BCUT2D eigenvalue weighted by Gasteiger charge is -2.45. The first-order valence-electron chi connectivity index (χ1n) is 11.0. The first kappa shape index (κ1) is 25.1. The Kier molecular flexibility index (Phi) is 6.89. The van der Waals surface area contributed by atoms with Crippen molar-refractivity contribution in [1.29, 1.82) is 0 Å². The number of nitrogens with zero attached hydrogens (tertiary/aromatic N) is 1. The van der Waals surface area contributed by atoms with Crippen molar-refractivity contribution in [3.63, 3.8) is 0 Å². The Bertz CT molecular complexity index is 1350. The summed E-state index contributed by atoms with van der Waals surface area (Å²) in [6.45, 7) is 1.82. The van der Waals surface area contributed by atoms with Gasteiger partial charge in [-0.05, 0) is 24.1 Å². The number of benzene rings is 2. The second-order valence-electron chi connectivity index (χ2n) is 8.38. The standard InChI is InChI=1S/C26H23NO8S/c1-16(28)13-21-24(30)27-22(20(14-34-17(2)29)15-36(32,33)25(21)27)26(31)35-23(18-9-5-3-6-10-18)19-11-7-4-8-12-19/h3-13,23,25H,14-15H2,1-2H3/b21-13-/t25-/m1/s1. The Balaban J connectivity index is 1.78. The molecule has 2 aromatic carbocycles. The summed E-state index contributed by atoms with van der Waals surface area (Å²) in [5.41, 5.74) is 0.708. The topological polar surface area (TPSA) is 124 Å². The number of rotatable bonds is 7. The monoisotopic (exact) mass is 509 g/mol. The lowest BCUT2D eigenvalue weighted by molar-refractivity contribution is -0.149. The summed E-state index contributed by atoms with van der Waals surface area (Å²) in [4.78, 5) is 50.4.